The van der Waals surface area contributed by atoms with Crippen molar-refractivity contribution < 1.29 is 50.0 Å². The van der Waals surface area contributed by atoms with Gasteiger partial charge in [-0.2, -0.15) is 5.26 Å². The SMILES string of the molecule is CC#N.O.O=CO[O-].[Na+]. The number of hydrogen-bond donors (Lipinski definition) is 0. The summed E-state index contributed by atoms with van der Waals surface area (Å²) in [6.07, 6.45) is 0. The molecule has 6 heteroatoms. The van der Waals surface area contributed by atoms with Gasteiger partial charge in [-0.3, -0.25) is 4.79 Å². The van der Waals surface area contributed by atoms with Gasteiger partial charge in [0.1, 0.15) is 0 Å². The van der Waals surface area contributed by atoms with E-state index in [1.165, 1.54) is 6.92 Å². The molecule has 0 aliphatic rings. The van der Waals surface area contributed by atoms with Crippen LogP contribution in [0.5, 0.6) is 0 Å². The molecule has 0 spiro atoms. The van der Waals surface area contributed by atoms with Gasteiger partial charge in [0.05, 0.1) is 6.07 Å². The maximum atomic E-state index is 8.64. The normalized spacial score (nSPS) is 3.22. The van der Waals surface area contributed by atoms with Gasteiger partial charge in [-0.15, -0.1) is 0 Å². The summed E-state index contributed by atoms with van der Waals surface area (Å²) < 4.78 is 0. The number of nitrogens with zero attached hydrogens (tertiary/aromatic N) is 1. The van der Waals surface area contributed by atoms with Gasteiger partial charge in [-0.25, -0.2) is 0 Å². The Hall–Kier alpha value is -0.120. The summed E-state index contributed by atoms with van der Waals surface area (Å²) in [4.78, 5) is 11.2. The molecular weight excluding hydrogens is 137 g/mol. The Morgan fingerprint density at radius 2 is 1.89 bits per heavy atom. The van der Waals surface area contributed by atoms with E-state index < -0.39 is 0 Å². The minimum absolute atomic E-state index is 0. The second-order valence-corrected chi connectivity index (χ2v) is 0.416. The molecule has 0 atom stereocenters. The summed E-state index contributed by atoms with van der Waals surface area (Å²) in [7, 11) is 0. The zero-order chi connectivity index (χ0) is 6.12. The molecule has 5 nitrogen and oxygen atoms in total. The Morgan fingerprint density at radius 3 is 1.89 bits per heavy atom. The first kappa shape index (κ1) is 23.2. The van der Waals surface area contributed by atoms with Crippen molar-refractivity contribution in [3.8, 4) is 6.07 Å². The molecule has 0 saturated heterocycles. The summed E-state index contributed by atoms with van der Waals surface area (Å²) in [5.41, 5.74) is 0. The third-order valence-corrected chi connectivity index (χ3v) is 0.0393. The Balaban J connectivity index is -0.0000000233. The van der Waals surface area contributed by atoms with E-state index in [1.54, 1.807) is 6.07 Å². The minimum Gasteiger partial charge on any atom is -0.662 e. The monoisotopic (exact) mass is 143 g/mol. The smallest absolute Gasteiger partial charge is 0.662 e. The van der Waals surface area contributed by atoms with Gasteiger partial charge in [-0.1, -0.05) is 0 Å². The van der Waals surface area contributed by atoms with Gasteiger partial charge < -0.3 is 15.6 Å². The van der Waals surface area contributed by atoms with E-state index >= 15 is 0 Å². The molecule has 0 saturated carbocycles. The summed E-state index contributed by atoms with van der Waals surface area (Å²) in [6.45, 7) is 1.25. The van der Waals surface area contributed by atoms with Crippen molar-refractivity contribution in [3.05, 3.63) is 0 Å². The topological polar surface area (TPSA) is 105 Å². The first-order valence-electron chi connectivity index (χ1n) is 1.36. The van der Waals surface area contributed by atoms with E-state index in [2.05, 4.69) is 4.89 Å². The molecule has 48 valence electrons. The van der Waals surface area contributed by atoms with Crippen LogP contribution in [0.3, 0.4) is 0 Å². The van der Waals surface area contributed by atoms with Gasteiger partial charge in [0, 0.05) is 6.92 Å². The molecule has 0 rings (SSSR count). The van der Waals surface area contributed by atoms with Crippen LogP contribution < -0.4 is 34.8 Å². The number of carbonyl (C=O) groups is 1. The van der Waals surface area contributed by atoms with Gasteiger partial charge >= 0.3 is 29.6 Å². The first-order valence-corrected chi connectivity index (χ1v) is 1.36. The average Bonchev–Trinajstić information content (AvgIpc) is 1.69. The maximum absolute atomic E-state index is 8.64. The first-order chi connectivity index (χ1) is 3.33. The zero-order valence-electron chi connectivity index (χ0n) is 5.25. The molecule has 9 heavy (non-hydrogen) atoms. The molecule has 0 radical (unpaired) electrons. The average molecular weight is 143 g/mol. The Morgan fingerprint density at radius 1 is 1.78 bits per heavy atom. The van der Waals surface area contributed by atoms with Gasteiger partial charge in [-0.05, 0) is 0 Å². The molecule has 0 aromatic heterocycles. The largest absolute Gasteiger partial charge is 1.00 e. The third-order valence-electron chi connectivity index (χ3n) is 0.0393. The minimum atomic E-state index is -0.181. The molecule has 0 unspecified atom stereocenters. The molecule has 0 aliphatic carbocycles. The fraction of sp³-hybridized carbons (Fsp3) is 0.333. The van der Waals surface area contributed by atoms with E-state index in [0.717, 1.165) is 0 Å². The van der Waals surface area contributed by atoms with E-state index in [4.69, 9.17) is 15.3 Å². The fourth-order valence-corrected chi connectivity index (χ4v) is 0. The number of carbonyl (C=O) groups excluding carboxylic acids is 1. The van der Waals surface area contributed by atoms with E-state index in [9.17, 15) is 0 Å². The second kappa shape index (κ2) is 45.0. The predicted octanol–water partition coefficient (Wildman–Crippen LogP) is -4.86. The van der Waals surface area contributed by atoms with Crippen LogP contribution in [0.2, 0.25) is 0 Å². The van der Waals surface area contributed by atoms with Crippen LogP contribution in [0.25, 0.3) is 0 Å². The van der Waals surface area contributed by atoms with Crippen LogP contribution in [-0.2, 0) is 9.68 Å². The van der Waals surface area contributed by atoms with Crippen LogP contribution >= 0.6 is 0 Å². The van der Waals surface area contributed by atoms with Crippen molar-refractivity contribution in [2.24, 2.45) is 0 Å². The zero-order valence-corrected chi connectivity index (χ0v) is 7.25. The Kier molecular flexibility index (Phi) is 116. The van der Waals surface area contributed by atoms with Crippen LogP contribution in [0.4, 0.5) is 0 Å². The Labute approximate surface area is 74.8 Å². The molecule has 0 amide bonds. The van der Waals surface area contributed by atoms with E-state index in [1.807, 2.05) is 0 Å². The third kappa shape index (κ3) is 352. The van der Waals surface area contributed by atoms with Crippen molar-refractivity contribution in [1.82, 2.24) is 0 Å². The van der Waals surface area contributed by atoms with E-state index in [0.29, 0.717) is 0 Å². The Bertz CT molecular complexity index is 70.7. The van der Waals surface area contributed by atoms with Crippen LogP contribution in [0, 0.1) is 11.3 Å². The quantitative estimate of drug-likeness (QED) is 0.159. The number of nitriles is 1. The molecule has 2 N–H and O–H groups in total. The van der Waals surface area contributed by atoms with Crippen molar-refractivity contribution in [1.29, 1.82) is 5.26 Å². The van der Waals surface area contributed by atoms with Gasteiger partial charge in [0.2, 0.25) is 0 Å². The summed E-state index contributed by atoms with van der Waals surface area (Å²) in [6, 6.07) is 1.75. The number of hydrogen-bond acceptors (Lipinski definition) is 4. The van der Waals surface area contributed by atoms with Gasteiger partial charge in [0.25, 0.3) is 6.47 Å². The molecule has 0 aromatic carbocycles. The molecular formula is C3H6NNaO4. The van der Waals surface area contributed by atoms with Crippen LogP contribution in [0.15, 0.2) is 0 Å². The molecule has 0 aliphatic heterocycles. The summed E-state index contributed by atoms with van der Waals surface area (Å²) in [5.74, 6) is 0. The van der Waals surface area contributed by atoms with Crippen molar-refractivity contribution in [2.75, 3.05) is 0 Å². The second-order valence-electron chi connectivity index (χ2n) is 0.416. The predicted molar refractivity (Wildman–Crippen MR) is 22.0 cm³/mol. The maximum Gasteiger partial charge on any atom is 1.00 e. The summed E-state index contributed by atoms with van der Waals surface area (Å²) in [5, 5.41) is 15.8. The molecule has 0 heterocycles. The van der Waals surface area contributed by atoms with Crippen molar-refractivity contribution in [2.45, 2.75) is 6.92 Å². The molecule has 0 aromatic rings. The van der Waals surface area contributed by atoms with Crippen LogP contribution in [0.1, 0.15) is 6.92 Å². The van der Waals surface area contributed by atoms with Crippen molar-refractivity contribution >= 4 is 6.47 Å². The van der Waals surface area contributed by atoms with E-state index in [-0.39, 0.29) is 41.5 Å². The molecule has 0 fully saturated rings. The number of rotatable bonds is 1. The van der Waals surface area contributed by atoms with Gasteiger partial charge in [0.15, 0.2) is 0 Å². The van der Waals surface area contributed by atoms with Crippen molar-refractivity contribution in [3.63, 3.8) is 0 Å². The molecule has 0 bridgehead atoms. The summed E-state index contributed by atoms with van der Waals surface area (Å²) >= 11 is 0. The fourth-order valence-electron chi connectivity index (χ4n) is 0. The van der Waals surface area contributed by atoms with Crippen LogP contribution in [-0.4, -0.2) is 11.9 Å². The standard InChI is InChI=1S/C2H3N.CH2O3.Na.H2O/c1-2-3;2-1-4-3;;/h1H3;1,3H;;1H2/q;;+1;/p-1.